The number of hydrogen-bond donors (Lipinski definition) is 2. The lowest BCUT2D eigenvalue weighted by molar-refractivity contribution is -0.122. The summed E-state index contributed by atoms with van der Waals surface area (Å²) in [5, 5.41) is 15.0. The number of nitrogens with one attached hydrogen (secondary N) is 1. The molecule has 0 bridgehead atoms. The van der Waals surface area contributed by atoms with Gasteiger partial charge in [0, 0.05) is 32.0 Å². The summed E-state index contributed by atoms with van der Waals surface area (Å²) >= 11 is 0. The number of piperidine rings is 1. The lowest BCUT2D eigenvalue weighted by atomic mass is 9.98. The number of amides is 1. The van der Waals surface area contributed by atoms with Crippen LogP contribution < -0.4 is 5.32 Å². The summed E-state index contributed by atoms with van der Waals surface area (Å²) in [6, 6.07) is 0. The molecule has 0 radical (unpaired) electrons. The highest BCUT2D eigenvalue weighted by Crippen LogP contribution is 2.13. The van der Waals surface area contributed by atoms with Crippen molar-refractivity contribution >= 4 is 11.6 Å². The Hall–Kier alpha value is -1.10. The number of oxime groups is 1. The van der Waals surface area contributed by atoms with Crippen LogP contribution in [0.15, 0.2) is 5.16 Å². The van der Waals surface area contributed by atoms with Crippen molar-refractivity contribution < 1.29 is 10.0 Å². The number of carbonyl (C=O) groups excluding carboxylic acids is 1. The SMILES string of the molecule is CC(C)CNC(=O)CN1CCC(=NO)C(C)C1. The molecule has 1 heterocycles. The van der Waals surface area contributed by atoms with E-state index in [4.69, 9.17) is 5.21 Å². The first-order valence-electron chi connectivity index (χ1n) is 6.22. The Morgan fingerprint density at radius 1 is 1.65 bits per heavy atom. The molecule has 0 saturated carbocycles. The van der Waals surface area contributed by atoms with E-state index < -0.39 is 0 Å². The van der Waals surface area contributed by atoms with Crippen LogP contribution in [0.25, 0.3) is 0 Å². The molecular formula is C12H23N3O2. The van der Waals surface area contributed by atoms with Gasteiger partial charge in [0.05, 0.1) is 12.3 Å². The average Bonchev–Trinajstić information content (AvgIpc) is 2.26. The fourth-order valence-corrected chi connectivity index (χ4v) is 1.97. The smallest absolute Gasteiger partial charge is 0.234 e. The summed E-state index contributed by atoms with van der Waals surface area (Å²) in [6.45, 7) is 8.92. The van der Waals surface area contributed by atoms with Crippen molar-refractivity contribution in [1.29, 1.82) is 0 Å². The van der Waals surface area contributed by atoms with E-state index >= 15 is 0 Å². The third kappa shape index (κ3) is 4.73. The van der Waals surface area contributed by atoms with E-state index in [1.165, 1.54) is 0 Å². The van der Waals surface area contributed by atoms with E-state index in [1.807, 2.05) is 6.92 Å². The average molecular weight is 241 g/mol. The number of carbonyl (C=O) groups is 1. The molecule has 0 spiro atoms. The first kappa shape index (κ1) is 14.0. The Bertz CT molecular complexity index is 289. The highest BCUT2D eigenvalue weighted by atomic mass is 16.4. The summed E-state index contributed by atoms with van der Waals surface area (Å²) in [4.78, 5) is 13.7. The van der Waals surface area contributed by atoms with E-state index in [-0.39, 0.29) is 11.8 Å². The maximum atomic E-state index is 11.6. The van der Waals surface area contributed by atoms with Gasteiger partial charge in [-0.3, -0.25) is 9.69 Å². The largest absolute Gasteiger partial charge is 0.411 e. The predicted octanol–water partition coefficient (Wildman–Crippen LogP) is 0.931. The second kappa shape index (κ2) is 6.59. The molecule has 1 amide bonds. The van der Waals surface area contributed by atoms with Crippen molar-refractivity contribution in [2.24, 2.45) is 17.0 Å². The molecule has 0 aromatic rings. The van der Waals surface area contributed by atoms with E-state index in [0.717, 1.165) is 31.8 Å². The first-order valence-corrected chi connectivity index (χ1v) is 6.22. The van der Waals surface area contributed by atoms with Crippen molar-refractivity contribution in [1.82, 2.24) is 10.2 Å². The van der Waals surface area contributed by atoms with Gasteiger partial charge in [-0.05, 0) is 5.92 Å². The number of rotatable bonds is 4. The number of likely N-dealkylation sites (tertiary alicyclic amines) is 1. The highest BCUT2D eigenvalue weighted by Gasteiger charge is 2.23. The number of nitrogens with zero attached hydrogens (tertiary/aromatic N) is 2. The van der Waals surface area contributed by atoms with Gasteiger partial charge in [-0.2, -0.15) is 0 Å². The van der Waals surface area contributed by atoms with Crippen molar-refractivity contribution in [2.75, 3.05) is 26.2 Å². The summed E-state index contributed by atoms with van der Waals surface area (Å²) < 4.78 is 0. The molecule has 5 heteroatoms. The molecule has 98 valence electrons. The molecule has 1 aliphatic heterocycles. The topological polar surface area (TPSA) is 64.9 Å². The van der Waals surface area contributed by atoms with Crippen LogP contribution in [0, 0.1) is 11.8 Å². The second-order valence-electron chi connectivity index (χ2n) is 5.18. The van der Waals surface area contributed by atoms with Crippen LogP contribution in [-0.2, 0) is 4.79 Å². The Morgan fingerprint density at radius 2 is 2.35 bits per heavy atom. The van der Waals surface area contributed by atoms with Gasteiger partial charge in [-0.1, -0.05) is 25.9 Å². The van der Waals surface area contributed by atoms with Crippen LogP contribution in [0.3, 0.4) is 0 Å². The van der Waals surface area contributed by atoms with Crippen molar-refractivity contribution in [3.05, 3.63) is 0 Å². The first-order chi connectivity index (χ1) is 8.02. The van der Waals surface area contributed by atoms with Crippen LogP contribution in [0.2, 0.25) is 0 Å². The zero-order valence-electron chi connectivity index (χ0n) is 10.9. The van der Waals surface area contributed by atoms with Crippen molar-refractivity contribution in [3.8, 4) is 0 Å². The standard InChI is InChI=1S/C12H23N3O2/c1-9(2)6-13-12(16)8-15-5-4-11(14-17)10(3)7-15/h9-10,17H,4-8H2,1-3H3,(H,13,16). The molecule has 2 N–H and O–H groups in total. The Labute approximate surface area is 103 Å². The lowest BCUT2D eigenvalue weighted by Crippen LogP contribution is -2.45. The van der Waals surface area contributed by atoms with E-state index in [1.54, 1.807) is 0 Å². The van der Waals surface area contributed by atoms with E-state index in [2.05, 4.69) is 29.2 Å². The van der Waals surface area contributed by atoms with Gasteiger partial charge in [-0.15, -0.1) is 0 Å². The maximum Gasteiger partial charge on any atom is 0.234 e. The molecule has 1 rings (SSSR count). The van der Waals surface area contributed by atoms with Crippen LogP contribution in [-0.4, -0.2) is 47.9 Å². The van der Waals surface area contributed by atoms with Gasteiger partial charge in [0.15, 0.2) is 0 Å². The Balaban J connectivity index is 2.31. The van der Waals surface area contributed by atoms with Gasteiger partial charge in [0.2, 0.25) is 5.91 Å². The summed E-state index contributed by atoms with van der Waals surface area (Å²) in [7, 11) is 0. The fraction of sp³-hybridized carbons (Fsp3) is 0.833. The summed E-state index contributed by atoms with van der Waals surface area (Å²) in [5.74, 6) is 0.786. The van der Waals surface area contributed by atoms with Crippen LogP contribution >= 0.6 is 0 Å². The van der Waals surface area contributed by atoms with Crippen molar-refractivity contribution in [3.63, 3.8) is 0 Å². The van der Waals surface area contributed by atoms with Crippen LogP contribution in [0.5, 0.6) is 0 Å². The van der Waals surface area contributed by atoms with Gasteiger partial charge >= 0.3 is 0 Å². The molecule has 0 aromatic carbocycles. The normalized spacial score (nSPS) is 24.2. The predicted molar refractivity (Wildman–Crippen MR) is 67.3 cm³/mol. The molecule has 5 nitrogen and oxygen atoms in total. The zero-order valence-corrected chi connectivity index (χ0v) is 10.9. The number of hydrogen-bond acceptors (Lipinski definition) is 4. The van der Waals surface area contributed by atoms with Gasteiger partial charge in [0.1, 0.15) is 0 Å². The highest BCUT2D eigenvalue weighted by molar-refractivity contribution is 5.87. The molecule has 1 saturated heterocycles. The Kier molecular flexibility index (Phi) is 5.41. The van der Waals surface area contributed by atoms with Crippen molar-refractivity contribution in [2.45, 2.75) is 27.2 Å². The Morgan fingerprint density at radius 3 is 2.88 bits per heavy atom. The van der Waals surface area contributed by atoms with E-state index in [9.17, 15) is 4.79 Å². The molecule has 0 aromatic heterocycles. The van der Waals surface area contributed by atoms with E-state index in [0.29, 0.717) is 12.5 Å². The molecule has 1 fully saturated rings. The molecule has 1 unspecified atom stereocenters. The molecule has 1 atom stereocenters. The van der Waals surface area contributed by atoms with Gasteiger partial charge in [-0.25, -0.2) is 0 Å². The second-order valence-corrected chi connectivity index (χ2v) is 5.18. The lowest BCUT2D eigenvalue weighted by Gasteiger charge is -2.30. The minimum Gasteiger partial charge on any atom is -0.411 e. The third-order valence-corrected chi connectivity index (χ3v) is 2.99. The quantitative estimate of drug-likeness (QED) is 0.568. The molecule has 0 aliphatic carbocycles. The van der Waals surface area contributed by atoms with Gasteiger partial charge in [0.25, 0.3) is 0 Å². The minimum absolute atomic E-state index is 0.0790. The maximum absolute atomic E-state index is 11.6. The monoisotopic (exact) mass is 241 g/mol. The molecular weight excluding hydrogens is 218 g/mol. The zero-order chi connectivity index (χ0) is 12.8. The summed E-state index contributed by atoms with van der Waals surface area (Å²) in [6.07, 6.45) is 0.745. The summed E-state index contributed by atoms with van der Waals surface area (Å²) in [5.41, 5.74) is 0.837. The molecule has 1 aliphatic rings. The van der Waals surface area contributed by atoms with Crippen LogP contribution in [0.1, 0.15) is 27.2 Å². The third-order valence-electron chi connectivity index (χ3n) is 2.99. The minimum atomic E-state index is 0.0790. The fourth-order valence-electron chi connectivity index (χ4n) is 1.97. The van der Waals surface area contributed by atoms with Crippen LogP contribution in [0.4, 0.5) is 0 Å². The van der Waals surface area contributed by atoms with Gasteiger partial charge < -0.3 is 10.5 Å². The molecule has 17 heavy (non-hydrogen) atoms.